The Morgan fingerprint density at radius 1 is 1.78 bits per heavy atom. The minimum absolute atomic E-state index is 0.179. The Kier molecular flexibility index (Phi) is 2.25. The van der Waals surface area contributed by atoms with Crippen molar-refractivity contribution in [2.75, 3.05) is 6.54 Å². The van der Waals surface area contributed by atoms with Gasteiger partial charge in [-0.1, -0.05) is 12.2 Å². The van der Waals surface area contributed by atoms with Crippen LogP contribution in [0.15, 0.2) is 12.2 Å². The zero-order valence-electron chi connectivity index (χ0n) is 5.67. The molecule has 2 N–H and O–H groups in total. The number of hydrogen-bond acceptors (Lipinski definition) is 2. The van der Waals surface area contributed by atoms with Crippen LogP contribution in [0.3, 0.4) is 0 Å². The van der Waals surface area contributed by atoms with Gasteiger partial charge in [-0.05, 0) is 19.9 Å². The van der Waals surface area contributed by atoms with Gasteiger partial charge < -0.3 is 10.4 Å². The van der Waals surface area contributed by atoms with Gasteiger partial charge in [-0.3, -0.25) is 0 Å². The molecule has 0 aliphatic carbocycles. The first kappa shape index (κ1) is 6.78. The van der Waals surface area contributed by atoms with Crippen LogP contribution in [0.2, 0.25) is 0 Å². The summed E-state index contributed by atoms with van der Waals surface area (Å²) in [4.78, 5) is 0. The molecule has 0 bridgehead atoms. The molecule has 1 aliphatic heterocycles. The van der Waals surface area contributed by atoms with Crippen LogP contribution in [0.1, 0.15) is 13.3 Å². The summed E-state index contributed by atoms with van der Waals surface area (Å²) in [7, 11) is 0. The van der Waals surface area contributed by atoms with E-state index in [1.807, 2.05) is 6.08 Å². The molecule has 1 heterocycles. The van der Waals surface area contributed by atoms with Crippen LogP contribution < -0.4 is 5.32 Å². The summed E-state index contributed by atoms with van der Waals surface area (Å²) in [5.74, 6) is 0. The molecule has 0 saturated heterocycles. The predicted molar refractivity (Wildman–Crippen MR) is 37.2 cm³/mol. The van der Waals surface area contributed by atoms with Gasteiger partial charge in [-0.2, -0.15) is 0 Å². The summed E-state index contributed by atoms with van der Waals surface area (Å²) in [6.07, 6.45) is 4.95. The Balaban J connectivity index is 2.40. The molecule has 0 fully saturated rings. The van der Waals surface area contributed by atoms with E-state index in [4.69, 9.17) is 5.11 Å². The molecule has 0 aromatic rings. The van der Waals surface area contributed by atoms with Crippen molar-refractivity contribution in [1.82, 2.24) is 5.32 Å². The van der Waals surface area contributed by atoms with E-state index in [2.05, 4.69) is 11.4 Å². The van der Waals surface area contributed by atoms with E-state index in [1.165, 1.54) is 0 Å². The molecule has 2 atom stereocenters. The Labute approximate surface area is 55.6 Å². The summed E-state index contributed by atoms with van der Waals surface area (Å²) >= 11 is 0. The molecule has 52 valence electrons. The van der Waals surface area contributed by atoms with Crippen LogP contribution in [0.4, 0.5) is 0 Å². The number of nitrogens with one attached hydrogen (secondary N) is 1. The van der Waals surface area contributed by atoms with Crippen molar-refractivity contribution in [3.05, 3.63) is 12.2 Å². The summed E-state index contributed by atoms with van der Waals surface area (Å²) in [6, 6.07) is 0.179. The maximum atomic E-state index is 9.06. The molecule has 0 radical (unpaired) electrons. The summed E-state index contributed by atoms with van der Waals surface area (Å²) in [6.45, 7) is 2.79. The monoisotopic (exact) mass is 127 g/mol. The second-order valence-corrected chi connectivity index (χ2v) is 2.44. The van der Waals surface area contributed by atoms with Gasteiger partial charge in [-0.15, -0.1) is 0 Å². The summed E-state index contributed by atoms with van der Waals surface area (Å²) < 4.78 is 0. The average molecular weight is 127 g/mol. The van der Waals surface area contributed by atoms with Crippen molar-refractivity contribution in [1.29, 1.82) is 0 Å². The first-order valence-corrected chi connectivity index (χ1v) is 3.39. The SMILES string of the molecule is CC(O)C1C=CCCN1. The number of hydrogen-bond donors (Lipinski definition) is 2. The van der Waals surface area contributed by atoms with Crippen LogP contribution in [-0.4, -0.2) is 23.8 Å². The highest BCUT2D eigenvalue weighted by atomic mass is 16.3. The number of rotatable bonds is 1. The Morgan fingerprint density at radius 3 is 2.89 bits per heavy atom. The molecular formula is C7H13NO. The number of aliphatic hydroxyl groups excluding tert-OH is 1. The Morgan fingerprint density at radius 2 is 2.56 bits per heavy atom. The lowest BCUT2D eigenvalue weighted by Gasteiger charge is -2.20. The lowest BCUT2D eigenvalue weighted by atomic mass is 10.1. The molecule has 1 aliphatic rings. The first-order chi connectivity index (χ1) is 4.30. The molecule has 0 amide bonds. The lowest BCUT2D eigenvalue weighted by Crippen LogP contribution is -2.38. The fourth-order valence-electron chi connectivity index (χ4n) is 0.976. The normalized spacial score (nSPS) is 30.2. The molecule has 0 spiro atoms. The molecule has 1 rings (SSSR count). The maximum absolute atomic E-state index is 9.06. The first-order valence-electron chi connectivity index (χ1n) is 3.39. The van der Waals surface area contributed by atoms with E-state index in [9.17, 15) is 0 Å². The van der Waals surface area contributed by atoms with Gasteiger partial charge in [0.2, 0.25) is 0 Å². The zero-order chi connectivity index (χ0) is 6.69. The predicted octanol–water partition coefficient (Wildman–Crippen LogP) is 0.285. The van der Waals surface area contributed by atoms with E-state index in [1.54, 1.807) is 6.92 Å². The van der Waals surface area contributed by atoms with E-state index in [0.717, 1.165) is 13.0 Å². The van der Waals surface area contributed by atoms with Crippen LogP contribution in [0.5, 0.6) is 0 Å². The third kappa shape index (κ3) is 1.80. The third-order valence-electron chi connectivity index (χ3n) is 1.55. The topological polar surface area (TPSA) is 32.3 Å². The largest absolute Gasteiger partial charge is 0.391 e. The van der Waals surface area contributed by atoms with Crippen molar-refractivity contribution in [2.45, 2.75) is 25.5 Å². The molecule has 0 aromatic carbocycles. The third-order valence-corrected chi connectivity index (χ3v) is 1.55. The smallest absolute Gasteiger partial charge is 0.0700 e. The second kappa shape index (κ2) is 2.99. The standard InChI is InChI=1S/C7H13NO/c1-6(9)7-4-2-3-5-8-7/h2,4,6-9H,3,5H2,1H3. The van der Waals surface area contributed by atoms with Gasteiger partial charge in [0, 0.05) is 0 Å². The van der Waals surface area contributed by atoms with Crippen molar-refractivity contribution in [2.24, 2.45) is 0 Å². The summed E-state index contributed by atoms with van der Waals surface area (Å²) in [5.41, 5.74) is 0. The average Bonchev–Trinajstić information content (AvgIpc) is 1.90. The highest BCUT2D eigenvalue weighted by Crippen LogP contribution is 2.00. The van der Waals surface area contributed by atoms with Crippen molar-refractivity contribution in [3.63, 3.8) is 0 Å². The summed E-state index contributed by atoms with van der Waals surface area (Å²) in [5, 5.41) is 12.2. The molecule has 0 aromatic heterocycles. The van der Waals surface area contributed by atoms with E-state index >= 15 is 0 Å². The highest BCUT2D eigenvalue weighted by molar-refractivity contribution is 5.00. The van der Waals surface area contributed by atoms with E-state index in [0.29, 0.717) is 0 Å². The lowest BCUT2D eigenvalue weighted by molar-refractivity contribution is 0.162. The molecule has 2 nitrogen and oxygen atoms in total. The van der Waals surface area contributed by atoms with Crippen molar-refractivity contribution in [3.8, 4) is 0 Å². The fourth-order valence-corrected chi connectivity index (χ4v) is 0.976. The Bertz CT molecular complexity index is 109. The van der Waals surface area contributed by atoms with Gasteiger partial charge in [0.05, 0.1) is 12.1 Å². The van der Waals surface area contributed by atoms with Gasteiger partial charge in [0.1, 0.15) is 0 Å². The zero-order valence-corrected chi connectivity index (χ0v) is 5.67. The maximum Gasteiger partial charge on any atom is 0.0700 e. The molecule has 2 unspecified atom stereocenters. The molecular weight excluding hydrogens is 114 g/mol. The highest BCUT2D eigenvalue weighted by Gasteiger charge is 2.11. The number of aliphatic hydroxyl groups is 1. The molecule has 2 heteroatoms. The van der Waals surface area contributed by atoms with Gasteiger partial charge in [0.15, 0.2) is 0 Å². The van der Waals surface area contributed by atoms with Gasteiger partial charge >= 0.3 is 0 Å². The van der Waals surface area contributed by atoms with Crippen LogP contribution >= 0.6 is 0 Å². The molecule has 0 saturated carbocycles. The van der Waals surface area contributed by atoms with Crippen LogP contribution in [0, 0.1) is 0 Å². The minimum Gasteiger partial charge on any atom is -0.391 e. The minimum atomic E-state index is -0.262. The van der Waals surface area contributed by atoms with Crippen LogP contribution in [-0.2, 0) is 0 Å². The van der Waals surface area contributed by atoms with E-state index in [-0.39, 0.29) is 12.1 Å². The van der Waals surface area contributed by atoms with Gasteiger partial charge in [-0.25, -0.2) is 0 Å². The molecule has 9 heavy (non-hydrogen) atoms. The van der Waals surface area contributed by atoms with E-state index < -0.39 is 0 Å². The Hall–Kier alpha value is -0.340. The van der Waals surface area contributed by atoms with Gasteiger partial charge in [0.25, 0.3) is 0 Å². The van der Waals surface area contributed by atoms with Crippen LogP contribution in [0.25, 0.3) is 0 Å². The van der Waals surface area contributed by atoms with Crippen molar-refractivity contribution >= 4 is 0 Å². The quantitative estimate of drug-likeness (QED) is 0.496. The second-order valence-electron chi connectivity index (χ2n) is 2.44. The fraction of sp³-hybridized carbons (Fsp3) is 0.714. The van der Waals surface area contributed by atoms with Crippen molar-refractivity contribution < 1.29 is 5.11 Å².